The second kappa shape index (κ2) is 10.8. The van der Waals surface area contributed by atoms with Gasteiger partial charge in [0.15, 0.2) is 11.0 Å². The minimum atomic E-state index is -0.369. The van der Waals surface area contributed by atoms with E-state index in [1.54, 1.807) is 12.1 Å². The fourth-order valence-electron chi connectivity index (χ4n) is 3.12. The monoisotopic (exact) mass is 449 g/mol. The van der Waals surface area contributed by atoms with Gasteiger partial charge in [-0.3, -0.25) is 9.59 Å². The van der Waals surface area contributed by atoms with Gasteiger partial charge in [0.25, 0.3) is 5.91 Å². The Morgan fingerprint density at radius 3 is 2.56 bits per heavy atom. The molecule has 166 valence electrons. The van der Waals surface area contributed by atoms with E-state index in [-0.39, 0.29) is 23.6 Å². The van der Waals surface area contributed by atoms with Gasteiger partial charge < -0.3 is 15.2 Å². The fraction of sp³-hybridized carbons (Fsp3) is 0.250. The summed E-state index contributed by atoms with van der Waals surface area (Å²) in [7, 11) is 0. The molecule has 0 spiro atoms. The van der Waals surface area contributed by atoms with Crippen molar-refractivity contribution in [2.75, 3.05) is 11.1 Å². The van der Waals surface area contributed by atoms with E-state index in [1.165, 1.54) is 11.8 Å². The molecular weight excluding hydrogens is 422 g/mol. The maximum Gasteiger partial charge on any atom is 0.251 e. The summed E-state index contributed by atoms with van der Waals surface area (Å²) in [5.74, 6) is 0.482. The number of carbonyl (C=O) groups excluding carboxylic acids is 2. The Morgan fingerprint density at radius 1 is 1.12 bits per heavy atom. The highest BCUT2D eigenvalue weighted by Crippen LogP contribution is 2.21. The predicted molar refractivity (Wildman–Crippen MR) is 128 cm³/mol. The highest BCUT2D eigenvalue weighted by Gasteiger charge is 2.20. The third kappa shape index (κ3) is 6.07. The summed E-state index contributed by atoms with van der Waals surface area (Å²) in [4.78, 5) is 25.0. The van der Waals surface area contributed by atoms with Crippen LogP contribution in [-0.4, -0.2) is 32.3 Å². The van der Waals surface area contributed by atoms with Crippen LogP contribution >= 0.6 is 11.8 Å². The lowest BCUT2D eigenvalue weighted by Gasteiger charge is -2.15. The lowest BCUT2D eigenvalue weighted by molar-refractivity contribution is -0.113. The first-order valence-electron chi connectivity index (χ1n) is 10.3. The lowest BCUT2D eigenvalue weighted by atomic mass is 10.1. The highest BCUT2D eigenvalue weighted by atomic mass is 32.2. The summed E-state index contributed by atoms with van der Waals surface area (Å²) in [6.45, 7) is 10.1. The standard InChI is InChI=1S/C24H27N5O2S/c1-5-13-29-22(18(4)25-23(31)19-8-6-7-17(3)14-19)27-28-24(29)32-15-21(30)26-20-11-9-16(2)10-12-20/h5-12,14,18H,1,13,15H2,2-4H3,(H,25,31)(H,26,30)/t18-/m0/s1. The summed E-state index contributed by atoms with van der Waals surface area (Å²) in [6, 6.07) is 14.7. The molecule has 32 heavy (non-hydrogen) atoms. The molecule has 8 heteroatoms. The summed E-state index contributed by atoms with van der Waals surface area (Å²) < 4.78 is 1.86. The Balaban J connectivity index is 1.66. The van der Waals surface area contributed by atoms with Crippen LogP contribution in [0.1, 0.15) is 40.3 Å². The van der Waals surface area contributed by atoms with Gasteiger partial charge in [0.2, 0.25) is 5.91 Å². The minimum absolute atomic E-state index is 0.130. The molecule has 1 aromatic heterocycles. The lowest BCUT2D eigenvalue weighted by Crippen LogP contribution is -2.28. The van der Waals surface area contributed by atoms with Crippen molar-refractivity contribution >= 4 is 29.3 Å². The fourth-order valence-corrected chi connectivity index (χ4v) is 3.88. The van der Waals surface area contributed by atoms with Gasteiger partial charge >= 0.3 is 0 Å². The van der Waals surface area contributed by atoms with Crippen LogP contribution in [0.15, 0.2) is 66.3 Å². The molecule has 0 saturated carbocycles. The van der Waals surface area contributed by atoms with Crippen molar-refractivity contribution in [3.8, 4) is 0 Å². The minimum Gasteiger partial charge on any atom is -0.342 e. The molecule has 0 saturated heterocycles. The zero-order chi connectivity index (χ0) is 23.1. The number of amides is 2. The predicted octanol–water partition coefficient (Wildman–Crippen LogP) is 4.30. The van der Waals surface area contributed by atoms with Gasteiger partial charge in [-0.2, -0.15) is 0 Å². The number of aryl methyl sites for hydroxylation is 2. The van der Waals surface area contributed by atoms with Crippen LogP contribution in [0.4, 0.5) is 5.69 Å². The van der Waals surface area contributed by atoms with E-state index >= 15 is 0 Å². The van der Waals surface area contributed by atoms with Gasteiger partial charge in [-0.15, -0.1) is 16.8 Å². The molecule has 3 rings (SSSR count). The van der Waals surface area contributed by atoms with Crippen molar-refractivity contribution in [1.82, 2.24) is 20.1 Å². The summed E-state index contributed by atoms with van der Waals surface area (Å²) in [5.41, 5.74) is 3.49. The number of aromatic nitrogens is 3. The molecule has 0 aliphatic heterocycles. The molecule has 0 bridgehead atoms. The van der Waals surface area contributed by atoms with Crippen LogP contribution < -0.4 is 10.6 Å². The van der Waals surface area contributed by atoms with E-state index in [0.717, 1.165) is 16.8 Å². The maximum absolute atomic E-state index is 12.6. The first-order chi connectivity index (χ1) is 15.4. The highest BCUT2D eigenvalue weighted by molar-refractivity contribution is 7.99. The summed E-state index contributed by atoms with van der Waals surface area (Å²) in [5, 5.41) is 14.9. The number of benzene rings is 2. The van der Waals surface area contributed by atoms with Gasteiger partial charge in [-0.25, -0.2) is 0 Å². The first kappa shape index (κ1) is 23.3. The smallest absolute Gasteiger partial charge is 0.251 e. The van der Waals surface area contributed by atoms with Crippen LogP contribution in [0.2, 0.25) is 0 Å². The largest absolute Gasteiger partial charge is 0.342 e. The number of rotatable bonds is 9. The third-order valence-electron chi connectivity index (χ3n) is 4.74. The number of anilines is 1. The molecule has 2 aromatic carbocycles. The molecule has 1 atom stereocenters. The van der Waals surface area contributed by atoms with Crippen molar-refractivity contribution in [2.24, 2.45) is 0 Å². The van der Waals surface area contributed by atoms with Gasteiger partial charge in [-0.05, 0) is 45.0 Å². The molecule has 0 radical (unpaired) electrons. The van der Waals surface area contributed by atoms with E-state index < -0.39 is 0 Å². The number of thioether (sulfide) groups is 1. The summed E-state index contributed by atoms with van der Waals surface area (Å²) in [6.07, 6.45) is 1.73. The molecule has 0 aliphatic carbocycles. The Kier molecular flexibility index (Phi) is 7.83. The van der Waals surface area contributed by atoms with Crippen molar-refractivity contribution in [2.45, 2.75) is 38.5 Å². The number of nitrogens with zero attached hydrogens (tertiary/aromatic N) is 3. The van der Waals surface area contributed by atoms with Crippen LogP contribution in [-0.2, 0) is 11.3 Å². The molecule has 1 heterocycles. The second-order valence-corrected chi connectivity index (χ2v) is 8.45. The van der Waals surface area contributed by atoms with Gasteiger partial charge in [0.05, 0.1) is 11.8 Å². The van der Waals surface area contributed by atoms with E-state index in [1.807, 2.05) is 67.8 Å². The Hall–Kier alpha value is -3.39. The SMILES string of the molecule is C=CCn1c(SCC(=O)Nc2ccc(C)cc2)nnc1[C@H](C)NC(=O)c1cccc(C)c1. The molecule has 7 nitrogen and oxygen atoms in total. The van der Waals surface area contributed by atoms with Crippen LogP contribution in [0, 0.1) is 13.8 Å². The first-order valence-corrected chi connectivity index (χ1v) is 11.3. The van der Waals surface area contributed by atoms with Gasteiger partial charge in [-0.1, -0.05) is 53.2 Å². The van der Waals surface area contributed by atoms with E-state index in [2.05, 4.69) is 27.4 Å². The number of hydrogen-bond acceptors (Lipinski definition) is 5. The van der Waals surface area contributed by atoms with E-state index in [9.17, 15) is 9.59 Å². The average molecular weight is 450 g/mol. The molecule has 3 aromatic rings. The number of allylic oxidation sites excluding steroid dienone is 1. The second-order valence-electron chi connectivity index (χ2n) is 7.51. The molecule has 2 N–H and O–H groups in total. The third-order valence-corrected chi connectivity index (χ3v) is 5.71. The molecule has 0 fully saturated rings. The Bertz CT molecular complexity index is 1110. The summed E-state index contributed by atoms with van der Waals surface area (Å²) >= 11 is 1.29. The maximum atomic E-state index is 12.6. The zero-order valence-electron chi connectivity index (χ0n) is 18.5. The molecule has 0 aliphatic rings. The van der Waals surface area contributed by atoms with Crippen molar-refractivity contribution < 1.29 is 9.59 Å². The Labute approximate surface area is 192 Å². The van der Waals surface area contributed by atoms with E-state index in [0.29, 0.717) is 23.1 Å². The van der Waals surface area contributed by atoms with Crippen molar-refractivity contribution in [3.63, 3.8) is 0 Å². The number of nitrogens with one attached hydrogen (secondary N) is 2. The zero-order valence-corrected chi connectivity index (χ0v) is 19.3. The van der Waals surface area contributed by atoms with Crippen LogP contribution in [0.5, 0.6) is 0 Å². The normalized spacial score (nSPS) is 11.6. The average Bonchev–Trinajstić information content (AvgIpc) is 3.17. The van der Waals surface area contributed by atoms with Crippen LogP contribution in [0.25, 0.3) is 0 Å². The quantitative estimate of drug-likeness (QED) is 0.376. The van der Waals surface area contributed by atoms with E-state index in [4.69, 9.17) is 0 Å². The molecular formula is C24H27N5O2S. The topological polar surface area (TPSA) is 88.9 Å². The van der Waals surface area contributed by atoms with Crippen molar-refractivity contribution in [1.29, 1.82) is 0 Å². The van der Waals surface area contributed by atoms with Crippen molar-refractivity contribution in [3.05, 3.63) is 83.7 Å². The number of hydrogen-bond donors (Lipinski definition) is 2. The van der Waals surface area contributed by atoms with Gasteiger partial charge in [0.1, 0.15) is 0 Å². The Morgan fingerprint density at radius 2 is 1.88 bits per heavy atom. The molecule has 2 amide bonds. The van der Waals surface area contributed by atoms with Gasteiger partial charge in [0, 0.05) is 17.8 Å². The molecule has 0 unspecified atom stereocenters. The van der Waals surface area contributed by atoms with Crippen LogP contribution in [0.3, 0.4) is 0 Å². The number of carbonyl (C=O) groups is 2.